The summed E-state index contributed by atoms with van der Waals surface area (Å²) in [6.45, 7) is 8.13. The lowest BCUT2D eigenvalue weighted by atomic mass is 10.1. The van der Waals surface area contributed by atoms with Crippen LogP contribution in [0.15, 0.2) is 54.6 Å². The van der Waals surface area contributed by atoms with Gasteiger partial charge in [-0.05, 0) is 51.1 Å². The summed E-state index contributed by atoms with van der Waals surface area (Å²) in [6.07, 6.45) is 1.92. The van der Waals surface area contributed by atoms with Gasteiger partial charge in [-0.3, -0.25) is 0 Å². The van der Waals surface area contributed by atoms with Crippen LogP contribution in [0.4, 0.5) is 5.82 Å². The van der Waals surface area contributed by atoms with Crippen LogP contribution in [0.25, 0.3) is 16.6 Å². The highest BCUT2D eigenvalue weighted by Crippen LogP contribution is 2.33. The fraction of sp³-hybridized carbons (Fsp3) is 0.370. The molecule has 7 heteroatoms. The van der Waals surface area contributed by atoms with Crippen molar-refractivity contribution in [3.8, 4) is 11.4 Å². The minimum Gasteiger partial charge on any atom is -0.483 e. The summed E-state index contributed by atoms with van der Waals surface area (Å²) < 4.78 is 8.64. The quantitative estimate of drug-likeness (QED) is 0.337. The van der Waals surface area contributed by atoms with Gasteiger partial charge in [-0.25, -0.2) is 4.68 Å². The highest BCUT2D eigenvalue weighted by atomic mass is 16.5. The van der Waals surface area contributed by atoms with Crippen molar-refractivity contribution in [3.05, 3.63) is 71.5 Å². The van der Waals surface area contributed by atoms with E-state index in [0.29, 0.717) is 0 Å². The number of benzene rings is 2. The van der Waals surface area contributed by atoms with Crippen molar-refractivity contribution in [2.45, 2.75) is 39.7 Å². The first-order chi connectivity index (χ1) is 16.5. The summed E-state index contributed by atoms with van der Waals surface area (Å²) >= 11 is 0. The van der Waals surface area contributed by atoms with E-state index < -0.39 is 0 Å². The van der Waals surface area contributed by atoms with Crippen LogP contribution in [0.5, 0.6) is 5.75 Å². The molecule has 1 N–H and O–H groups in total. The fourth-order valence-corrected chi connectivity index (χ4v) is 4.23. The van der Waals surface area contributed by atoms with Gasteiger partial charge in [0.25, 0.3) is 0 Å². The number of fused-ring (bicyclic) bond motifs is 1. The molecule has 7 nitrogen and oxygen atoms in total. The highest BCUT2D eigenvalue weighted by molar-refractivity contribution is 5.92. The molecule has 0 spiro atoms. The molecule has 0 amide bonds. The number of nitrogens with one attached hydrogen (secondary N) is 1. The number of nitrogens with zero attached hydrogens (tertiary/aromatic N) is 5. The van der Waals surface area contributed by atoms with Crippen molar-refractivity contribution < 1.29 is 4.74 Å². The van der Waals surface area contributed by atoms with Crippen molar-refractivity contribution in [1.82, 2.24) is 25.3 Å². The van der Waals surface area contributed by atoms with Crippen LogP contribution in [0.1, 0.15) is 42.8 Å². The summed E-state index contributed by atoms with van der Waals surface area (Å²) in [7, 11) is 3.92. The maximum atomic E-state index is 6.68. The number of anilines is 1. The third-order valence-corrected chi connectivity index (χ3v) is 5.95. The summed E-state index contributed by atoms with van der Waals surface area (Å²) in [5, 5.41) is 18.2. The van der Waals surface area contributed by atoms with Crippen molar-refractivity contribution in [1.29, 1.82) is 0 Å². The first kappa shape index (κ1) is 23.7. The number of aryl methyl sites for hydroxylation is 2. The molecule has 0 bridgehead atoms. The summed E-state index contributed by atoms with van der Waals surface area (Å²) in [5.41, 5.74) is 4.79. The lowest BCUT2D eigenvalue weighted by Gasteiger charge is -2.22. The molecule has 178 valence electrons. The van der Waals surface area contributed by atoms with Gasteiger partial charge in [-0.2, -0.15) is 10.2 Å². The Labute approximate surface area is 201 Å². The molecule has 4 rings (SSSR count). The normalized spacial score (nSPS) is 12.1. The molecule has 2 heterocycles. The van der Waals surface area contributed by atoms with Crippen LogP contribution >= 0.6 is 0 Å². The van der Waals surface area contributed by atoms with E-state index in [1.54, 1.807) is 0 Å². The first-order valence-corrected chi connectivity index (χ1v) is 11.9. The zero-order valence-electron chi connectivity index (χ0n) is 20.7. The molecule has 1 atom stereocenters. The van der Waals surface area contributed by atoms with Gasteiger partial charge in [-0.15, -0.1) is 5.10 Å². The van der Waals surface area contributed by atoms with Gasteiger partial charge in [0.1, 0.15) is 23.1 Å². The molecule has 0 aliphatic rings. The van der Waals surface area contributed by atoms with Crippen molar-refractivity contribution >= 4 is 16.7 Å². The second-order valence-electron chi connectivity index (χ2n) is 8.75. The Morgan fingerprint density at radius 2 is 1.71 bits per heavy atom. The Kier molecular flexibility index (Phi) is 7.43. The van der Waals surface area contributed by atoms with E-state index in [4.69, 9.17) is 9.84 Å². The molecule has 34 heavy (non-hydrogen) atoms. The minimum atomic E-state index is -0.0700. The van der Waals surface area contributed by atoms with Gasteiger partial charge in [0.15, 0.2) is 5.82 Å². The Morgan fingerprint density at radius 1 is 0.971 bits per heavy atom. The van der Waals surface area contributed by atoms with E-state index in [1.807, 2.05) is 54.9 Å². The largest absolute Gasteiger partial charge is 0.483 e. The van der Waals surface area contributed by atoms with E-state index in [2.05, 4.69) is 59.7 Å². The monoisotopic (exact) mass is 458 g/mol. The Morgan fingerprint density at radius 3 is 2.44 bits per heavy atom. The second-order valence-corrected chi connectivity index (χ2v) is 8.75. The number of ether oxygens (including phenoxy) is 1. The number of aromatic nitrogens is 4. The van der Waals surface area contributed by atoms with E-state index in [0.717, 1.165) is 71.0 Å². The third-order valence-electron chi connectivity index (χ3n) is 5.95. The van der Waals surface area contributed by atoms with Crippen molar-refractivity contribution in [3.63, 3.8) is 0 Å². The minimum absolute atomic E-state index is 0.0700. The standard InChI is InChI=1S/C27H34N6O/c1-6-17-28-18-16-23(21-12-8-7-9-13-21)34-24-15-11-10-14-22(24)33-20(3)25-19(2)29-30-27(32(4)5)26(25)31-33/h7-15,23,28H,6,16-18H2,1-5H3. The Bertz CT molecular complexity index is 1230. The Balaban J connectivity index is 1.74. The van der Waals surface area contributed by atoms with Crippen LogP contribution < -0.4 is 15.0 Å². The van der Waals surface area contributed by atoms with Crippen LogP contribution in [0, 0.1) is 13.8 Å². The molecule has 0 saturated heterocycles. The van der Waals surface area contributed by atoms with Gasteiger partial charge >= 0.3 is 0 Å². The topological polar surface area (TPSA) is 68.1 Å². The maximum Gasteiger partial charge on any atom is 0.179 e. The average Bonchev–Trinajstić information content (AvgIpc) is 3.19. The maximum absolute atomic E-state index is 6.68. The van der Waals surface area contributed by atoms with Gasteiger partial charge in [-0.1, -0.05) is 49.4 Å². The van der Waals surface area contributed by atoms with Gasteiger partial charge in [0.2, 0.25) is 0 Å². The number of rotatable bonds is 10. The first-order valence-electron chi connectivity index (χ1n) is 11.9. The predicted molar refractivity (Wildman–Crippen MR) is 138 cm³/mol. The van der Waals surface area contributed by atoms with Gasteiger partial charge < -0.3 is 15.0 Å². The molecule has 0 aliphatic carbocycles. The zero-order valence-corrected chi connectivity index (χ0v) is 20.7. The molecule has 0 radical (unpaired) electrons. The lowest BCUT2D eigenvalue weighted by Crippen LogP contribution is -2.21. The third kappa shape index (κ3) is 4.89. The molecule has 2 aromatic heterocycles. The number of hydrogen-bond acceptors (Lipinski definition) is 6. The van der Waals surface area contributed by atoms with Crippen LogP contribution in [-0.2, 0) is 0 Å². The smallest absolute Gasteiger partial charge is 0.179 e. The second kappa shape index (κ2) is 10.7. The number of para-hydroxylation sites is 2. The fourth-order valence-electron chi connectivity index (χ4n) is 4.23. The molecule has 0 fully saturated rings. The summed E-state index contributed by atoms with van der Waals surface area (Å²) in [5.74, 6) is 1.55. The SMILES string of the molecule is CCCNCCC(Oc1ccccc1-n1nc2c(N(C)C)nnc(C)c2c1C)c1ccccc1. The molecule has 0 saturated carbocycles. The highest BCUT2D eigenvalue weighted by Gasteiger charge is 2.21. The summed E-state index contributed by atoms with van der Waals surface area (Å²) in [6, 6.07) is 18.5. The van der Waals surface area contributed by atoms with Crippen LogP contribution in [0.2, 0.25) is 0 Å². The molecule has 2 aromatic carbocycles. The van der Waals surface area contributed by atoms with E-state index in [1.165, 1.54) is 0 Å². The predicted octanol–water partition coefficient (Wildman–Crippen LogP) is 5.01. The Hall–Kier alpha value is -3.45. The molecule has 4 aromatic rings. The number of hydrogen-bond donors (Lipinski definition) is 1. The lowest BCUT2D eigenvalue weighted by molar-refractivity contribution is 0.193. The van der Waals surface area contributed by atoms with Crippen molar-refractivity contribution in [2.75, 3.05) is 32.1 Å². The summed E-state index contributed by atoms with van der Waals surface area (Å²) in [4.78, 5) is 1.95. The van der Waals surface area contributed by atoms with Gasteiger partial charge in [0.05, 0.1) is 16.8 Å². The van der Waals surface area contributed by atoms with E-state index in [-0.39, 0.29) is 6.10 Å². The van der Waals surface area contributed by atoms with Crippen LogP contribution in [0.3, 0.4) is 0 Å². The average molecular weight is 459 g/mol. The molecular weight excluding hydrogens is 424 g/mol. The van der Waals surface area contributed by atoms with Gasteiger partial charge in [0, 0.05) is 20.5 Å². The van der Waals surface area contributed by atoms with Crippen molar-refractivity contribution in [2.24, 2.45) is 0 Å². The zero-order chi connectivity index (χ0) is 24.1. The molecule has 0 aliphatic heterocycles. The molecule has 1 unspecified atom stereocenters. The van der Waals surface area contributed by atoms with E-state index >= 15 is 0 Å². The van der Waals surface area contributed by atoms with E-state index in [9.17, 15) is 0 Å². The van der Waals surface area contributed by atoms with Crippen LogP contribution in [-0.4, -0.2) is 47.2 Å². The molecular formula is C27H34N6O.